The smallest absolute Gasteiger partial charge is 0.410 e. The molecule has 1 aromatic heterocycles. The number of carbonyl (C=O) groups is 3. The van der Waals surface area contributed by atoms with Gasteiger partial charge in [-0.15, -0.1) is 0 Å². The van der Waals surface area contributed by atoms with Crippen molar-refractivity contribution in [3.8, 4) is 0 Å². The van der Waals surface area contributed by atoms with Gasteiger partial charge in [-0.1, -0.05) is 0 Å². The molecule has 2 heterocycles. The zero-order chi connectivity index (χ0) is 27.1. The minimum atomic E-state index is -0.662. The van der Waals surface area contributed by atoms with Crippen LogP contribution in [-0.4, -0.2) is 53.0 Å². The predicted octanol–water partition coefficient (Wildman–Crippen LogP) is 4.43. The zero-order valence-electron chi connectivity index (χ0n) is 22.3. The van der Waals surface area contributed by atoms with Gasteiger partial charge in [0.05, 0.1) is 5.57 Å². The number of carbonyl (C=O) groups excluding carboxylic acids is 3. The van der Waals surface area contributed by atoms with E-state index < -0.39 is 17.7 Å². The molecule has 37 heavy (non-hydrogen) atoms. The molecular weight excluding hydrogens is 475 g/mol. The Morgan fingerprint density at radius 1 is 1.32 bits per heavy atom. The third kappa shape index (κ3) is 5.70. The SMILES string of the molecule is Cc1c(/C=C2\C(=O)Nc3ccc(F)cc32)[nH]c2c1CCC(CNC(=O)[C@H](C)N(C)C(=O)OC(C)(C)C)C2. The first-order valence-corrected chi connectivity index (χ1v) is 12.6. The van der Waals surface area contributed by atoms with Gasteiger partial charge in [-0.25, -0.2) is 9.18 Å². The maximum Gasteiger partial charge on any atom is 0.410 e. The Bertz CT molecular complexity index is 1270. The van der Waals surface area contributed by atoms with E-state index in [0.29, 0.717) is 23.4 Å². The summed E-state index contributed by atoms with van der Waals surface area (Å²) in [6.45, 7) is 9.55. The molecule has 2 aliphatic rings. The van der Waals surface area contributed by atoms with Gasteiger partial charge < -0.3 is 20.4 Å². The molecule has 8 nitrogen and oxygen atoms in total. The molecule has 9 heteroatoms. The Kier molecular flexibility index (Phi) is 7.17. The van der Waals surface area contributed by atoms with Gasteiger partial charge >= 0.3 is 6.09 Å². The Morgan fingerprint density at radius 3 is 2.76 bits per heavy atom. The van der Waals surface area contributed by atoms with Crippen LogP contribution < -0.4 is 10.6 Å². The Morgan fingerprint density at radius 2 is 2.05 bits per heavy atom. The average Bonchev–Trinajstić information content (AvgIpc) is 3.30. The molecule has 2 atom stereocenters. The van der Waals surface area contributed by atoms with E-state index >= 15 is 0 Å². The summed E-state index contributed by atoms with van der Waals surface area (Å²) in [6.07, 6.45) is 3.77. The van der Waals surface area contributed by atoms with Crippen LogP contribution in [0.3, 0.4) is 0 Å². The van der Waals surface area contributed by atoms with Crippen molar-refractivity contribution < 1.29 is 23.5 Å². The molecule has 3 amide bonds. The molecule has 0 saturated carbocycles. The fourth-order valence-corrected chi connectivity index (χ4v) is 4.80. The van der Waals surface area contributed by atoms with E-state index in [-0.39, 0.29) is 23.5 Å². The number of aromatic nitrogens is 1. The van der Waals surface area contributed by atoms with E-state index in [1.165, 1.54) is 22.6 Å². The highest BCUT2D eigenvalue weighted by molar-refractivity contribution is 6.34. The summed E-state index contributed by atoms with van der Waals surface area (Å²) < 4.78 is 19.2. The van der Waals surface area contributed by atoms with Gasteiger partial charge in [-0.3, -0.25) is 14.5 Å². The van der Waals surface area contributed by atoms with Crippen molar-refractivity contribution in [2.75, 3.05) is 18.9 Å². The molecular formula is C28H35FN4O4. The maximum atomic E-state index is 13.8. The van der Waals surface area contributed by atoms with Crippen LogP contribution in [0.2, 0.25) is 0 Å². The second kappa shape index (κ2) is 10.0. The summed E-state index contributed by atoms with van der Waals surface area (Å²) >= 11 is 0. The van der Waals surface area contributed by atoms with Crippen molar-refractivity contribution in [2.45, 2.75) is 65.5 Å². The van der Waals surface area contributed by atoms with Crippen molar-refractivity contribution in [2.24, 2.45) is 5.92 Å². The number of ether oxygens (including phenoxy) is 1. The lowest BCUT2D eigenvalue weighted by Gasteiger charge is -2.29. The van der Waals surface area contributed by atoms with E-state index in [1.807, 2.05) is 6.92 Å². The van der Waals surface area contributed by atoms with Gasteiger partial charge in [0.2, 0.25) is 5.91 Å². The molecule has 1 unspecified atom stereocenters. The fourth-order valence-electron chi connectivity index (χ4n) is 4.80. The molecule has 2 aromatic rings. The fraction of sp³-hybridized carbons (Fsp3) is 0.464. The number of amides is 3. The number of nitrogens with zero attached hydrogens (tertiary/aromatic N) is 1. The number of hydrogen-bond acceptors (Lipinski definition) is 4. The standard InChI is InChI=1S/C28H35FN4O4/c1-15-19-9-7-17(14-30-25(34)16(2)33(6)27(36)37-28(3,4)5)11-24(19)31-23(15)13-21-20-12-18(29)8-10-22(20)32-26(21)35/h8,10,12-13,16-17,31H,7,9,11,14H2,1-6H3,(H,30,34)(H,32,35)/b21-13-/t16-,17?/m0/s1. The first-order valence-electron chi connectivity index (χ1n) is 12.6. The first kappa shape index (κ1) is 26.4. The van der Waals surface area contributed by atoms with Crippen LogP contribution in [0.4, 0.5) is 14.9 Å². The summed E-state index contributed by atoms with van der Waals surface area (Å²) in [7, 11) is 1.56. The molecule has 0 saturated heterocycles. The topological polar surface area (TPSA) is 104 Å². The number of nitrogens with one attached hydrogen (secondary N) is 3. The quantitative estimate of drug-likeness (QED) is 0.518. The van der Waals surface area contributed by atoms with Crippen molar-refractivity contribution in [3.05, 3.63) is 52.1 Å². The molecule has 198 valence electrons. The van der Waals surface area contributed by atoms with E-state index in [9.17, 15) is 18.8 Å². The van der Waals surface area contributed by atoms with Gasteiger partial charge in [0.15, 0.2) is 0 Å². The summed E-state index contributed by atoms with van der Waals surface area (Å²) in [5, 5.41) is 5.77. The lowest BCUT2D eigenvalue weighted by Crippen LogP contribution is -2.48. The van der Waals surface area contributed by atoms with Crippen molar-refractivity contribution in [1.29, 1.82) is 0 Å². The molecule has 1 aromatic carbocycles. The lowest BCUT2D eigenvalue weighted by atomic mass is 9.86. The first-order chi connectivity index (χ1) is 17.3. The Labute approximate surface area is 216 Å². The number of hydrogen-bond donors (Lipinski definition) is 3. The largest absolute Gasteiger partial charge is 0.444 e. The molecule has 0 bridgehead atoms. The van der Waals surface area contributed by atoms with Gasteiger partial charge in [0, 0.05) is 36.2 Å². The van der Waals surface area contributed by atoms with Crippen molar-refractivity contribution >= 4 is 35.2 Å². The molecule has 0 spiro atoms. The normalized spacial score (nSPS) is 18.6. The molecule has 1 aliphatic carbocycles. The van der Waals surface area contributed by atoms with Crippen LogP contribution in [0.15, 0.2) is 18.2 Å². The number of halogens is 1. The molecule has 3 N–H and O–H groups in total. The number of likely N-dealkylation sites (N-methyl/N-ethyl adjacent to an activating group) is 1. The highest BCUT2D eigenvalue weighted by Gasteiger charge is 2.29. The zero-order valence-corrected chi connectivity index (χ0v) is 22.3. The van der Waals surface area contributed by atoms with Gasteiger partial charge in [0.1, 0.15) is 17.5 Å². The predicted molar refractivity (Wildman–Crippen MR) is 140 cm³/mol. The van der Waals surface area contributed by atoms with Gasteiger partial charge in [0.25, 0.3) is 5.91 Å². The van der Waals surface area contributed by atoms with E-state index in [4.69, 9.17) is 4.74 Å². The van der Waals surface area contributed by atoms with Crippen LogP contribution in [0.25, 0.3) is 11.6 Å². The third-order valence-electron chi connectivity index (χ3n) is 7.06. The van der Waals surface area contributed by atoms with Crippen LogP contribution >= 0.6 is 0 Å². The van der Waals surface area contributed by atoms with Crippen LogP contribution in [0.1, 0.15) is 62.2 Å². The lowest BCUT2D eigenvalue weighted by molar-refractivity contribution is -0.125. The third-order valence-corrected chi connectivity index (χ3v) is 7.06. The molecule has 4 rings (SSSR count). The van der Waals surface area contributed by atoms with Gasteiger partial charge in [-0.05, 0) is 95.2 Å². The number of aromatic amines is 1. The average molecular weight is 511 g/mol. The summed E-state index contributed by atoms with van der Waals surface area (Å²) in [6, 6.07) is 3.61. The second-order valence-electron chi connectivity index (χ2n) is 10.9. The number of fused-ring (bicyclic) bond motifs is 2. The number of H-pyrrole nitrogens is 1. The van der Waals surface area contributed by atoms with Crippen LogP contribution in [-0.2, 0) is 27.2 Å². The Hall–Kier alpha value is -3.62. The molecule has 0 radical (unpaired) electrons. The van der Waals surface area contributed by atoms with E-state index in [0.717, 1.165) is 36.2 Å². The van der Waals surface area contributed by atoms with Crippen molar-refractivity contribution in [1.82, 2.24) is 15.2 Å². The second-order valence-corrected chi connectivity index (χ2v) is 10.9. The van der Waals surface area contributed by atoms with E-state index in [2.05, 4.69) is 15.6 Å². The minimum Gasteiger partial charge on any atom is -0.444 e. The van der Waals surface area contributed by atoms with Crippen LogP contribution in [0, 0.1) is 18.7 Å². The molecule has 0 fully saturated rings. The van der Waals surface area contributed by atoms with Crippen molar-refractivity contribution in [3.63, 3.8) is 0 Å². The summed E-state index contributed by atoms with van der Waals surface area (Å²) in [5.74, 6) is -0.636. The maximum absolute atomic E-state index is 13.8. The van der Waals surface area contributed by atoms with Gasteiger partial charge in [-0.2, -0.15) is 0 Å². The summed E-state index contributed by atoms with van der Waals surface area (Å²) in [5.41, 5.74) is 5.20. The molecule has 1 aliphatic heterocycles. The van der Waals surface area contributed by atoms with Crippen LogP contribution in [0.5, 0.6) is 0 Å². The highest BCUT2D eigenvalue weighted by atomic mass is 19.1. The number of benzene rings is 1. The summed E-state index contributed by atoms with van der Waals surface area (Å²) in [4.78, 5) is 42.3. The monoisotopic (exact) mass is 510 g/mol. The minimum absolute atomic E-state index is 0.231. The highest BCUT2D eigenvalue weighted by Crippen LogP contribution is 2.36. The van der Waals surface area contributed by atoms with E-state index in [1.54, 1.807) is 46.9 Å². The Balaban J connectivity index is 1.40. The number of anilines is 1. The number of rotatable bonds is 5.